The van der Waals surface area contributed by atoms with Crippen molar-refractivity contribution in [3.05, 3.63) is 35.4 Å². The predicted molar refractivity (Wildman–Crippen MR) is 84.4 cm³/mol. The molecule has 0 heteroatoms. The standard InChI is InChI=1S/C16H26.C2H6/c1-6-8-13(7-2)14-9-11-15(12-10-14)16(3,4)5;1-2/h9-13H,6-8H2,1-5H3;1-2H3. The minimum absolute atomic E-state index is 0.269. The van der Waals surface area contributed by atoms with Crippen molar-refractivity contribution in [3.63, 3.8) is 0 Å². The quantitative estimate of drug-likeness (QED) is 0.586. The summed E-state index contributed by atoms with van der Waals surface area (Å²) < 4.78 is 0. The maximum atomic E-state index is 2.32. The Bertz CT molecular complexity index is 300. The summed E-state index contributed by atoms with van der Waals surface area (Å²) >= 11 is 0. The molecule has 0 aromatic heterocycles. The SMILES string of the molecule is CC.CCCC(CC)c1ccc(C(C)(C)C)cc1. The third-order valence-electron chi connectivity index (χ3n) is 3.38. The molecule has 0 saturated heterocycles. The average molecular weight is 248 g/mol. The van der Waals surface area contributed by atoms with Gasteiger partial charge in [0.1, 0.15) is 0 Å². The van der Waals surface area contributed by atoms with Crippen LogP contribution in [0.1, 0.15) is 84.8 Å². The van der Waals surface area contributed by atoms with Crippen LogP contribution in [0.5, 0.6) is 0 Å². The lowest BCUT2D eigenvalue weighted by Crippen LogP contribution is -2.11. The lowest BCUT2D eigenvalue weighted by molar-refractivity contribution is 0.582. The first-order valence-electron chi connectivity index (χ1n) is 7.59. The molecule has 0 heterocycles. The maximum absolute atomic E-state index is 2.32. The van der Waals surface area contributed by atoms with Crippen molar-refractivity contribution in [1.29, 1.82) is 0 Å². The Kier molecular flexibility index (Phi) is 7.98. The summed E-state index contributed by atoms with van der Waals surface area (Å²) in [5.41, 5.74) is 3.21. The van der Waals surface area contributed by atoms with Gasteiger partial charge in [-0.05, 0) is 35.3 Å². The fraction of sp³-hybridized carbons (Fsp3) is 0.667. The zero-order valence-corrected chi connectivity index (χ0v) is 13.5. The number of rotatable bonds is 4. The number of benzene rings is 1. The van der Waals surface area contributed by atoms with E-state index in [1.807, 2.05) is 13.8 Å². The van der Waals surface area contributed by atoms with Crippen LogP contribution < -0.4 is 0 Å². The van der Waals surface area contributed by atoms with Gasteiger partial charge in [-0.15, -0.1) is 0 Å². The third kappa shape index (κ3) is 5.25. The molecule has 1 aromatic carbocycles. The molecule has 0 spiro atoms. The molecule has 1 atom stereocenters. The minimum atomic E-state index is 0.269. The van der Waals surface area contributed by atoms with E-state index in [1.165, 1.54) is 30.4 Å². The fourth-order valence-corrected chi connectivity index (χ4v) is 2.21. The molecule has 18 heavy (non-hydrogen) atoms. The van der Waals surface area contributed by atoms with E-state index in [0.717, 1.165) is 5.92 Å². The molecule has 0 aliphatic heterocycles. The van der Waals surface area contributed by atoms with Crippen LogP contribution in [0, 0.1) is 0 Å². The number of hydrogen-bond donors (Lipinski definition) is 0. The summed E-state index contributed by atoms with van der Waals surface area (Å²) in [7, 11) is 0. The molecule has 0 fully saturated rings. The molecule has 0 bridgehead atoms. The molecule has 0 amide bonds. The minimum Gasteiger partial charge on any atom is -0.0683 e. The molecule has 0 nitrogen and oxygen atoms in total. The molecule has 0 aliphatic carbocycles. The summed E-state index contributed by atoms with van der Waals surface area (Å²) in [5.74, 6) is 0.749. The van der Waals surface area contributed by atoms with E-state index >= 15 is 0 Å². The van der Waals surface area contributed by atoms with Gasteiger partial charge in [-0.3, -0.25) is 0 Å². The van der Waals surface area contributed by atoms with Crippen LogP contribution in [0.2, 0.25) is 0 Å². The summed E-state index contributed by atoms with van der Waals surface area (Å²) in [5, 5.41) is 0. The van der Waals surface area contributed by atoms with E-state index in [2.05, 4.69) is 58.9 Å². The van der Waals surface area contributed by atoms with E-state index in [1.54, 1.807) is 0 Å². The van der Waals surface area contributed by atoms with E-state index in [9.17, 15) is 0 Å². The van der Waals surface area contributed by atoms with Gasteiger partial charge in [0.25, 0.3) is 0 Å². The zero-order valence-electron chi connectivity index (χ0n) is 13.5. The van der Waals surface area contributed by atoms with Gasteiger partial charge in [0, 0.05) is 0 Å². The summed E-state index contributed by atoms with van der Waals surface area (Å²) in [4.78, 5) is 0. The Morgan fingerprint density at radius 1 is 0.944 bits per heavy atom. The molecule has 1 aromatic rings. The lowest BCUT2D eigenvalue weighted by Gasteiger charge is -2.21. The fourth-order valence-electron chi connectivity index (χ4n) is 2.21. The third-order valence-corrected chi connectivity index (χ3v) is 3.38. The highest BCUT2D eigenvalue weighted by Crippen LogP contribution is 2.28. The second-order valence-electron chi connectivity index (χ2n) is 5.77. The van der Waals surface area contributed by atoms with Crippen molar-refractivity contribution in [2.75, 3.05) is 0 Å². The summed E-state index contributed by atoms with van der Waals surface area (Å²) in [6, 6.07) is 9.25. The van der Waals surface area contributed by atoms with Crippen LogP contribution in [-0.2, 0) is 5.41 Å². The average Bonchev–Trinajstić information content (AvgIpc) is 2.37. The second kappa shape index (κ2) is 8.34. The van der Waals surface area contributed by atoms with Crippen LogP contribution in [0.3, 0.4) is 0 Å². The highest BCUT2D eigenvalue weighted by molar-refractivity contribution is 5.29. The van der Waals surface area contributed by atoms with Gasteiger partial charge in [0.15, 0.2) is 0 Å². The Morgan fingerprint density at radius 2 is 1.44 bits per heavy atom. The zero-order chi connectivity index (χ0) is 14.2. The molecule has 0 aliphatic rings. The Balaban J connectivity index is 0.00000137. The van der Waals surface area contributed by atoms with Crippen molar-refractivity contribution >= 4 is 0 Å². The van der Waals surface area contributed by atoms with Crippen molar-refractivity contribution < 1.29 is 0 Å². The van der Waals surface area contributed by atoms with Gasteiger partial charge in [0.2, 0.25) is 0 Å². The summed E-state index contributed by atoms with van der Waals surface area (Å²) in [6.45, 7) is 15.4. The Morgan fingerprint density at radius 3 is 1.78 bits per heavy atom. The molecule has 1 rings (SSSR count). The highest BCUT2D eigenvalue weighted by Gasteiger charge is 2.14. The molecular weight excluding hydrogens is 216 g/mol. The van der Waals surface area contributed by atoms with E-state index in [-0.39, 0.29) is 5.41 Å². The monoisotopic (exact) mass is 248 g/mol. The van der Waals surface area contributed by atoms with Crippen LogP contribution in [-0.4, -0.2) is 0 Å². The van der Waals surface area contributed by atoms with E-state index < -0.39 is 0 Å². The largest absolute Gasteiger partial charge is 0.0683 e. The van der Waals surface area contributed by atoms with Crippen LogP contribution in [0.25, 0.3) is 0 Å². The predicted octanol–water partition coefficient (Wildman–Crippen LogP) is 6.30. The van der Waals surface area contributed by atoms with Gasteiger partial charge in [-0.2, -0.15) is 0 Å². The molecule has 104 valence electrons. The van der Waals surface area contributed by atoms with E-state index in [4.69, 9.17) is 0 Å². The first-order chi connectivity index (χ1) is 8.49. The van der Waals surface area contributed by atoms with Crippen molar-refractivity contribution in [3.8, 4) is 0 Å². The molecule has 0 N–H and O–H groups in total. The summed E-state index contributed by atoms with van der Waals surface area (Å²) in [6.07, 6.45) is 3.84. The second-order valence-corrected chi connectivity index (χ2v) is 5.77. The van der Waals surface area contributed by atoms with Crippen LogP contribution >= 0.6 is 0 Å². The first-order valence-corrected chi connectivity index (χ1v) is 7.59. The molecule has 0 saturated carbocycles. The van der Waals surface area contributed by atoms with Crippen LogP contribution in [0.15, 0.2) is 24.3 Å². The van der Waals surface area contributed by atoms with Gasteiger partial charge in [-0.25, -0.2) is 0 Å². The maximum Gasteiger partial charge on any atom is -0.0132 e. The van der Waals surface area contributed by atoms with Crippen molar-refractivity contribution in [2.45, 2.75) is 79.1 Å². The lowest BCUT2D eigenvalue weighted by atomic mass is 9.84. The van der Waals surface area contributed by atoms with E-state index in [0.29, 0.717) is 0 Å². The highest BCUT2D eigenvalue weighted by atomic mass is 14.2. The first kappa shape index (κ1) is 17.2. The van der Waals surface area contributed by atoms with Gasteiger partial charge in [0.05, 0.1) is 0 Å². The van der Waals surface area contributed by atoms with Gasteiger partial charge in [-0.1, -0.05) is 79.2 Å². The molecular formula is C18H32. The van der Waals surface area contributed by atoms with Gasteiger partial charge < -0.3 is 0 Å². The smallest absolute Gasteiger partial charge is 0.0132 e. The van der Waals surface area contributed by atoms with Crippen molar-refractivity contribution in [1.82, 2.24) is 0 Å². The molecule has 1 unspecified atom stereocenters. The van der Waals surface area contributed by atoms with Crippen molar-refractivity contribution in [2.24, 2.45) is 0 Å². The van der Waals surface area contributed by atoms with Gasteiger partial charge >= 0.3 is 0 Å². The van der Waals surface area contributed by atoms with Crippen LogP contribution in [0.4, 0.5) is 0 Å². The molecule has 0 radical (unpaired) electrons. The normalized spacial score (nSPS) is 12.6. The Labute approximate surface area is 115 Å². The Hall–Kier alpha value is -0.780. The number of hydrogen-bond acceptors (Lipinski definition) is 0. The topological polar surface area (TPSA) is 0 Å².